The van der Waals surface area contributed by atoms with Gasteiger partial charge >= 0.3 is 0 Å². The largest absolute Gasteiger partial charge is 0.454 e. The quantitative estimate of drug-likeness (QED) is 0.802. The Labute approximate surface area is 136 Å². The molecule has 0 atom stereocenters. The highest BCUT2D eigenvalue weighted by molar-refractivity contribution is 7.18. The Bertz CT molecular complexity index is 904. The summed E-state index contributed by atoms with van der Waals surface area (Å²) in [4.78, 5) is 16.7. The van der Waals surface area contributed by atoms with Gasteiger partial charge in [0.05, 0.1) is 15.2 Å². The first-order chi connectivity index (χ1) is 11.2. The van der Waals surface area contributed by atoms with Gasteiger partial charge in [-0.2, -0.15) is 0 Å². The van der Waals surface area contributed by atoms with E-state index < -0.39 is 0 Å². The first kappa shape index (κ1) is 14.0. The second kappa shape index (κ2) is 5.55. The Balaban J connectivity index is 1.48. The number of carbonyl (C=O) groups excluding carboxylic acids is 1. The Kier molecular flexibility index (Phi) is 3.38. The highest BCUT2D eigenvalue weighted by Gasteiger charge is 2.14. The van der Waals surface area contributed by atoms with E-state index in [4.69, 9.17) is 9.47 Å². The molecule has 0 aliphatic carbocycles. The summed E-state index contributed by atoms with van der Waals surface area (Å²) in [6.07, 6.45) is 0. The summed E-state index contributed by atoms with van der Waals surface area (Å²) in [5.74, 6) is 1.34. The van der Waals surface area contributed by atoms with E-state index in [1.54, 1.807) is 11.3 Å². The van der Waals surface area contributed by atoms with E-state index in [9.17, 15) is 4.79 Å². The number of fused-ring (bicyclic) bond motifs is 2. The lowest BCUT2D eigenvalue weighted by atomic mass is 10.1. The molecule has 5 nitrogen and oxygen atoms in total. The number of hydrogen-bond acceptors (Lipinski definition) is 5. The molecule has 0 radical (unpaired) electrons. The minimum Gasteiger partial charge on any atom is -0.454 e. The Morgan fingerprint density at radius 3 is 3.00 bits per heavy atom. The standard InChI is InChI=1S/C17H14N2O3S/c1-10-19-13-7-12(3-5-16(13)23-10)17(20)18-8-11-2-4-14-15(6-11)22-9-21-14/h2-7H,8-9H2,1H3,(H,18,20). The highest BCUT2D eigenvalue weighted by atomic mass is 32.1. The molecule has 4 rings (SSSR count). The van der Waals surface area contributed by atoms with Crippen molar-refractivity contribution < 1.29 is 14.3 Å². The normalized spacial score (nSPS) is 12.6. The van der Waals surface area contributed by atoms with Crippen molar-refractivity contribution in [1.29, 1.82) is 0 Å². The summed E-state index contributed by atoms with van der Waals surface area (Å²) in [5, 5.41) is 3.92. The van der Waals surface area contributed by atoms with Gasteiger partial charge in [0.2, 0.25) is 6.79 Å². The number of aryl methyl sites for hydroxylation is 1. The van der Waals surface area contributed by atoms with Crippen LogP contribution in [0.5, 0.6) is 11.5 Å². The lowest BCUT2D eigenvalue weighted by molar-refractivity contribution is 0.0951. The third-order valence-electron chi connectivity index (χ3n) is 3.65. The number of ether oxygens (including phenoxy) is 2. The Hall–Kier alpha value is -2.60. The minimum atomic E-state index is -0.116. The van der Waals surface area contributed by atoms with Gasteiger partial charge in [0.25, 0.3) is 5.91 Å². The van der Waals surface area contributed by atoms with Crippen LogP contribution in [0.4, 0.5) is 0 Å². The van der Waals surface area contributed by atoms with Crippen molar-refractivity contribution in [3.05, 3.63) is 52.5 Å². The fourth-order valence-electron chi connectivity index (χ4n) is 2.52. The zero-order valence-corrected chi connectivity index (χ0v) is 13.3. The van der Waals surface area contributed by atoms with Crippen LogP contribution in [-0.4, -0.2) is 17.7 Å². The molecule has 0 spiro atoms. The van der Waals surface area contributed by atoms with E-state index in [2.05, 4.69) is 10.3 Å². The topological polar surface area (TPSA) is 60.5 Å². The van der Waals surface area contributed by atoms with Crippen LogP contribution in [0.1, 0.15) is 20.9 Å². The zero-order valence-electron chi connectivity index (χ0n) is 12.5. The summed E-state index contributed by atoms with van der Waals surface area (Å²) in [5.41, 5.74) is 2.44. The maximum Gasteiger partial charge on any atom is 0.251 e. The van der Waals surface area contributed by atoms with E-state index in [-0.39, 0.29) is 12.7 Å². The molecule has 2 aromatic carbocycles. The zero-order chi connectivity index (χ0) is 15.8. The molecule has 0 unspecified atom stereocenters. The van der Waals surface area contributed by atoms with Gasteiger partial charge in [-0.05, 0) is 42.8 Å². The van der Waals surface area contributed by atoms with Gasteiger partial charge in [-0.15, -0.1) is 11.3 Å². The van der Waals surface area contributed by atoms with Gasteiger partial charge < -0.3 is 14.8 Å². The van der Waals surface area contributed by atoms with E-state index in [1.165, 1.54) is 0 Å². The van der Waals surface area contributed by atoms with Gasteiger partial charge in [-0.3, -0.25) is 4.79 Å². The molecular formula is C17H14N2O3S. The van der Waals surface area contributed by atoms with Crippen molar-refractivity contribution >= 4 is 27.5 Å². The van der Waals surface area contributed by atoms with Crippen LogP contribution in [-0.2, 0) is 6.54 Å². The minimum absolute atomic E-state index is 0.116. The molecule has 116 valence electrons. The fraction of sp³-hybridized carbons (Fsp3) is 0.176. The number of benzene rings is 2. The number of amides is 1. The van der Waals surface area contributed by atoms with Crippen LogP contribution in [0, 0.1) is 6.92 Å². The van der Waals surface area contributed by atoms with Gasteiger partial charge in [0.1, 0.15) is 0 Å². The van der Waals surface area contributed by atoms with Crippen LogP contribution in [0.3, 0.4) is 0 Å². The monoisotopic (exact) mass is 326 g/mol. The molecule has 0 fully saturated rings. The molecule has 23 heavy (non-hydrogen) atoms. The van der Waals surface area contributed by atoms with Crippen molar-refractivity contribution in [3.63, 3.8) is 0 Å². The molecule has 0 saturated carbocycles. The van der Waals surface area contributed by atoms with Gasteiger partial charge in [-0.1, -0.05) is 6.07 Å². The molecule has 1 aliphatic heterocycles. The van der Waals surface area contributed by atoms with Gasteiger partial charge in [0, 0.05) is 12.1 Å². The second-order valence-electron chi connectivity index (χ2n) is 5.29. The van der Waals surface area contributed by atoms with Crippen molar-refractivity contribution in [2.75, 3.05) is 6.79 Å². The van der Waals surface area contributed by atoms with Crippen LogP contribution in [0.25, 0.3) is 10.2 Å². The number of carbonyl (C=O) groups is 1. The Morgan fingerprint density at radius 1 is 1.22 bits per heavy atom. The highest BCUT2D eigenvalue weighted by Crippen LogP contribution is 2.32. The summed E-state index contributed by atoms with van der Waals surface area (Å²) < 4.78 is 11.7. The average Bonchev–Trinajstić information content (AvgIpc) is 3.16. The maximum atomic E-state index is 12.3. The van der Waals surface area contributed by atoms with E-state index >= 15 is 0 Å². The fourth-order valence-corrected chi connectivity index (χ4v) is 3.33. The Morgan fingerprint density at radius 2 is 2.09 bits per heavy atom. The molecule has 0 saturated heterocycles. The predicted molar refractivity (Wildman–Crippen MR) is 88.1 cm³/mol. The number of rotatable bonds is 3. The molecule has 1 N–H and O–H groups in total. The maximum absolute atomic E-state index is 12.3. The van der Waals surface area contributed by atoms with Crippen molar-refractivity contribution in [2.24, 2.45) is 0 Å². The van der Waals surface area contributed by atoms with E-state index in [0.29, 0.717) is 12.1 Å². The number of aromatic nitrogens is 1. The second-order valence-corrected chi connectivity index (χ2v) is 6.52. The van der Waals surface area contributed by atoms with E-state index in [0.717, 1.165) is 32.3 Å². The first-order valence-electron chi connectivity index (χ1n) is 7.23. The number of nitrogens with zero attached hydrogens (tertiary/aromatic N) is 1. The van der Waals surface area contributed by atoms with Crippen molar-refractivity contribution in [3.8, 4) is 11.5 Å². The molecule has 6 heteroatoms. The molecule has 3 aromatic rings. The average molecular weight is 326 g/mol. The lowest BCUT2D eigenvalue weighted by Crippen LogP contribution is -2.22. The van der Waals surface area contributed by atoms with E-state index in [1.807, 2.05) is 43.3 Å². The lowest BCUT2D eigenvalue weighted by Gasteiger charge is -2.06. The summed E-state index contributed by atoms with van der Waals surface area (Å²) in [7, 11) is 0. The summed E-state index contributed by atoms with van der Waals surface area (Å²) in [6, 6.07) is 11.3. The molecular weight excluding hydrogens is 312 g/mol. The first-order valence-corrected chi connectivity index (χ1v) is 8.04. The van der Waals surface area contributed by atoms with Crippen molar-refractivity contribution in [2.45, 2.75) is 13.5 Å². The third kappa shape index (κ3) is 2.73. The number of nitrogens with one attached hydrogen (secondary N) is 1. The van der Waals surface area contributed by atoms with Crippen molar-refractivity contribution in [1.82, 2.24) is 10.3 Å². The molecule has 1 amide bonds. The predicted octanol–water partition coefficient (Wildman–Crippen LogP) is 3.26. The number of hydrogen-bond donors (Lipinski definition) is 1. The van der Waals surface area contributed by atoms with Crippen LogP contribution in [0.2, 0.25) is 0 Å². The molecule has 1 aliphatic rings. The smallest absolute Gasteiger partial charge is 0.251 e. The number of thiazole rings is 1. The van der Waals surface area contributed by atoms with Crippen LogP contribution >= 0.6 is 11.3 Å². The van der Waals surface area contributed by atoms with Crippen LogP contribution in [0.15, 0.2) is 36.4 Å². The van der Waals surface area contributed by atoms with Gasteiger partial charge in [0.15, 0.2) is 11.5 Å². The molecule has 0 bridgehead atoms. The summed E-state index contributed by atoms with van der Waals surface area (Å²) in [6.45, 7) is 2.64. The van der Waals surface area contributed by atoms with Gasteiger partial charge in [-0.25, -0.2) is 4.98 Å². The van der Waals surface area contributed by atoms with Crippen LogP contribution < -0.4 is 14.8 Å². The summed E-state index contributed by atoms with van der Waals surface area (Å²) >= 11 is 1.63. The molecule has 1 aromatic heterocycles. The molecule has 2 heterocycles. The third-order valence-corrected chi connectivity index (χ3v) is 4.60. The SMILES string of the molecule is Cc1nc2cc(C(=O)NCc3ccc4c(c3)OCO4)ccc2s1.